The van der Waals surface area contributed by atoms with Crippen molar-refractivity contribution in [2.24, 2.45) is 0 Å². The maximum Gasteiger partial charge on any atom is 0.251 e. The van der Waals surface area contributed by atoms with Crippen molar-refractivity contribution in [3.05, 3.63) is 95.1 Å². The zero-order valence-electron chi connectivity index (χ0n) is 19.0. The van der Waals surface area contributed by atoms with Gasteiger partial charge in [-0.05, 0) is 42.7 Å². The fraction of sp³-hybridized carbons (Fsp3) is 0.286. The molecule has 5 heteroatoms. The number of nitrogens with one attached hydrogen (secondary N) is 1. The molecule has 0 aromatic heterocycles. The topological polar surface area (TPSA) is 64.6 Å². The van der Waals surface area contributed by atoms with Gasteiger partial charge in [0.1, 0.15) is 0 Å². The van der Waals surface area contributed by atoms with E-state index in [1.165, 1.54) is 0 Å². The molecule has 1 amide bonds. The molecule has 0 spiro atoms. The van der Waals surface area contributed by atoms with Gasteiger partial charge in [0.25, 0.3) is 5.91 Å². The first kappa shape index (κ1) is 22.6. The third kappa shape index (κ3) is 5.08. The minimum absolute atomic E-state index is 0.0370. The number of amides is 1. The lowest BCUT2D eigenvalue weighted by atomic mass is 9.79. The number of carbonyl (C=O) groups excluding carboxylic acids is 2. The van der Waals surface area contributed by atoms with Crippen molar-refractivity contribution < 1.29 is 19.1 Å². The van der Waals surface area contributed by atoms with E-state index in [9.17, 15) is 9.59 Å². The van der Waals surface area contributed by atoms with E-state index in [-0.39, 0.29) is 23.7 Å². The minimum Gasteiger partial charge on any atom is -0.493 e. The summed E-state index contributed by atoms with van der Waals surface area (Å²) < 4.78 is 10.8. The number of hydrogen-bond donors (Lipinski definition) is 1. The van der Waals surface area contributed by atoms with Crippen LogP contribution in [0.25, 0.3) is 0 Å². The van der Waals surface area contributed by atoms with Crippen molar-refractivity contribution in [3.63, 3.8) is 0 Å². The van der Waals surface area contributed by atoms with Crippen molar-refractivity contribution in [2.45, 2.75) is 37.6 Å². The van der Waals surface area contributed by atoms with E-state index in [1.54, 1.807) is 50.6 Å². The fourth-order valence-electron chi connectivity index (χ4n) is 4.57. The van der Waals surface area contributed by atoms with Gasteiger partial charge in [0.15, 0.2) is 17.3 Å². The highest BCUT2D eigenvalue weighted by Crippen LogP contribution is 2.37. The molecule has 1 saturated carbocycles. The Kier molecular flexibility index (Phi) is 7.08. The molecule has 4 rings (SSSR count). The van der Waals surface area contributed by atoms with Gasteiger partial charge in [-0.3, -0.25) is 9.59 Å². The SMILES string of the molecule is COc1ccc(C2CCCCC2NC(=O)c2ccc(C(=O)c3ccccc3)cc2)cc1OC. The summed E-state index contributed by atoms with van der Waals surface area (Å²) in [5, 5.41) is 3.23. The standard InChI is InChI=1S/C28H29NO4/c1-32-25-17-16-22(18-26(25)33-2)23-10-6-7-11-24(23)29-28(31)21-14-12-20(13-15-21)27(30)19-8-4-3-5-9-19/h3-5,8-9,12-18,23-24H,6-7,10-11H2,1-2H3,(H,29,31). The molecule has 2 unspecified atom stereocenters. The highest BCUT2D eigenvalue weighted by atomic mass is 16.5. The molecule has 3 aromatic carbocycles. The van der Waals surface area contributed by atoms with Crippen LogP contribution in [0, 0.1) is 0 Å². The van der Waals surface area contributed by atoms with E-state index in [1.807, 2.05) is 30.3 Å². The molecular weight excluding hydrogens is 414 g/mol. The van der Waals surface area contributed by atoms with Crippen LogP contribution in [0.2, 0.25) is 0 Å². The van der Waals surface area contributed by atoms with Crippen molar-refractivity contribution in [2.75, 3.05) is 14.2 Å². The molecule has 0 bridgehead atoms. The third-order valence-electron chi connectivity index (χ3n) is 6.36. The summed E-state index contributed by atoms with van der Waals surface area (Å²) >= 11 is 0. The van der Waals surface area contributed by atoms with Gasteiger partial charge in [0, 0.05) is 28.7 Å². The fourth-order valence-corrected chi connectivity index (χ4v) is 4.57. The maximum absolute atomic E-state index is 13.0. The second-order valence-electron chi connectivity index (χ2n) is 8.36. The highest BCUT2D eigenvalue weighted by Gasteiger charge is 2.29. The smallest absolute Gasteiger partial charge is 0.251 e. The normalized spacial score (nSPS) is 17.8. The molecule has 2 atom stereocenters. The van der Waals surface area contributed by atoms with E-state index in [2.05, 4.69) is 11.4 Å². The number of rotatable bonds is 7. The first-order valence-electron chi connectivity index (χ1n) is 11.3. The molecule has 33 heavy (non-hydrogen) atoms. The van der Waals surface area contributed by atoms with Crippen LogP contribution in [-0.2, 0) is 0 Å². The lowest BCUT2D eigenvalue weighted by Gasteiger charge is -2.33. The van der Waals surface area contributed by atoms with Crippen LogP contribution in [-0.4, -0.2) is 32.0 Å². The summed E-state index contributed by atoms with van der Waals surface area (Å²) in [6, 6.07) is 22.1. The summed E-state index contributed by atoms with van der Waals surface area (Å²) in [7, 11) is 3.26. The van der Waals surface area contributed by atoms with Crippen LogP contribution in [0.15, 0.2) is 72.8 Å². The Hall–Kier alpha value is -3.60. The summed E-state index contributed by atoms with van der Waals surface area (Å²) in [5.74, 6) is 1.43. The average Bonchev–Trinajstić information content (AvgIpc) is 2.88. The van der Waals surface area contributed by atoms with E-state index >= 15 is 0 Å². The van der Waals surface area contributed by atoms with Gasteiger partial charge >= 0.3 is 0 Å². The molecule has 1 N–H and O–H groups in total. The second kappa shape index (κ2) is 10.3. The van der Waals surface area contributed by atoms with Crippen molar-refractivity contribution in [3.8, 4) is 11.5 Å². The summed E-state index contributed by atoms with van der Waals surface area (Å²) in [6.45, 7) is 0. The van der Waals surface area contributed by atoms with Gasteiger partial charge in [0.05, 0.1) is 14.2 Å². The van der Waals surface area contributed by atoms with Crippen molar-refractivity contribution in [1.82, 2.24) is 5.32 Å². The monoisotopic (exact) mass is 443 g/mol. The number of ketones is 1. The van der Waals surface area contributed by atoms with Gasteiger partial charge in [-0.1, -0.05) is 61.4 Å². The zero-order valence-corrected chi connectivity index (χ0v) is 19.0. The quantitative estimate of drug-likeness (QED) is 0.497. The molecule has 1 aliphatic carbocycles. The first-order chi connectivity index (χ1) is 16.1. The molecular formula is C28H29NO4. The van der Waals surface area contributed by atoms with E-state index in [0.717, 1.165) is 31.2 Å². The van der Waals surface area contributed by atoms with Gasteiger partial charge in [-0.25, -0.2) is 0 Å². The predicted molar refractivity (Wildman–Crippen MR) is 128 cm³/mol. The van der Waals surface area contributed by atoms with Crippen molar-refractivity contribution in [1.29, 1.82) is 0 Å². The van der Waals surface area contributed by atoms with Gasteiger partial charge < -0.3 is 14.8 Å². The Balaban J connectivity index is 1.48. The minimum atomic E-state index is -0.119. The van der Waals surface area contributed by atoms with Crippen LogP contribution >= 0.6 is 0 Å². The summed E-state index contributed by atoms with van der Waals surface area (Å²) in [6.07, 6.45) is 4.14. The molecule has 3 aromatic rings. The van der Waals surface area contributed by atoms with Gasteiger partial charge in [0.2, 0.25) is 0 Å². The highest BCUT2D eigenvalue weighted by molar-refractivity contribution is 6.09. The lowest BCUT2D eigenvalue weighted by Crippen LogP contribution is -2.41. The molecule has 1 fully saturated rings. The third-order valence-corrected chi connectivity index (χ3v) is 6.36. The van der Waals surface area contributed by atoms with E-state index in [4.69, 9.17) is 9.47 Å². The Labute approximate surface area is 194 Å². The Morgan fingerprint density at radius 2 is 1.39 bits per heavy atom. The maximum atomic E-state index is 13.0. The summed E-state index contributed by atoms with van der Waals surface area (Å²) in [5.41, 5.74) is 2.89. The summed E-state index contributed by atoms with van der Waals surface area (Å²) in [4.78, 5) is 25.6. The number of carbonyl (C=O) groups is 2. The lowest BCUT2D eigenvalue weighted by molar-refractivity contribution is 0.0919. The van der Waals surface area contributed by atoms with Crippen LogP contribution in [0.3, 0.4) is 0 Å². The molecule has 0 radical (unpaired) electrons. The zero-order chi connectivity index (χ0) is 23.2. The van der Waals surface area contributed by atoms with Crippen LogP contribution in [0.1, 0.15) is 63.4 Å². The van der Waals surface area contributed by atoms with E-state index in [0.29, 0.717) is 28.2 Å². The Morgan fingerprint density at radius 3 is 2.09 bits per heavy atom. The average molecular weight is 444 g/mol. The number of methoxy groups -OCH3 is 2. The number of benzene rings is 3. The molecule has 170 valence electrons. The van der Waals surface area contributed by atoms with Crippen molar-refractivity contribution >= 4 is 11.7 Å². The number of ether oxygens (including phenoxy) is 2. The molecule has 0 heterocycles. The van der Waals surface area contributed by atoms with Crippen LogP contribution in [0.4, 0.5) is 0 Å². The molecule has 0 aliphatic heterocycles. The van der Waals surface area contributed by atoms with Gasteiger partial charge in [-0.15, -0.1) is 0 Å². The van der Waals surface area contributed by atoms with E-state index < -0.39 is 0 Å². The Morgan fingerprint density at radius 1 is 0.758 bits per heavy atom. The number of hydrogen-bond acceptors (Lipinski definition) is 4. The molecule has 0 saturated heterocycles. The molecule has 5 nitrogen and oxygen atoms in total. The van der Waals surface area contributed by atoms with Crippen LogP contribution in [0.5, 0.6) is 11.5 Å². The largest absolute Gasteiger partial charge is 0.493 e. The first-order valence-corrected chi connectivity index (χ1v) is 11.3. The second-order valence-corrected chi connectivity index (χ2v) is 8.36. The van der Waals surface area contributed by atoms with Crippen LogP contribution < -0.4 is 14.8 Å². The van der Waals surface area contributed by atoms with Gasteiger partial charge in [-0.2, -0.15) is 0 Å². The Bertz CT molecular complexity index is 1110. The predicted octanol–water partition coefficient (Wildman–Crippen LogP) is 5.39. The molecule has 1 aliphatic rings.